The highest BCUT2D eigenvalue weighted by Gasteiger charge is 2.64. The first-order valence-corrected chi connectivity index (χ1v) is 8.95. The SMILES string of the molecule is C=CC(=O)OC(C)(CI)CC1CC2CC3CCC32C1. The molecule has 3 rings (SSSR count). The number of alkyl halides is 1. The average Bonchev–Trinajstić information content (AvgIpc) is 2.72. The number of ether oxygens (including phenoxy) is 1. The first kappa shape index (κ1) is 13.9. The number of hydrogen-bond donors (Lipinski definition) is 0. The van der Waals surface area contributed by atoms with E-state index in [0.29, 0.717) is 0 Å². The molecule has 2 nitrogen and oxygen atoms in total. The first-order chi connectivity index (χ1) is 9.01. The largest absolute Gasteiger partial charge is 0.455 e. The van der Waals surface area contributed by atoms with Crippen LogP contribution >= 0.6 is 22.6 Å². The molecule has 0 aliphatic heterocycles. The van der Waals surface area contributed by atoms with Gasteiger partial charge in [0.25, 0.3) is 0 Å². The molecule has 19 heavy (non-hydrogen) atoms. The summed E-state index contributed by atoms with van der Waals surface area (Å²) in [6, 6.07) is 0. The van der Waals surface area contributed by atoms with Crippen LogP contribution in [0.3, 0.4) is 0 Å². The minimum Gasteiger partial charge on any atom is -0.455 e. The van der Waals surface area contributed by atoms with Crippen molar-refractivity contribution in [1.82, 2.24) is 0 Å². The Bertz CT molecular complexity index is 408. The summed E-state index contributed by atoms with van der Waals surface area (Å²) in [5, 5.41) is 0. The quantitative estimate of drug-likeness (QED) is 0.313. The van der Waals surface area contributed by atoms with Crippen molar-refractivity contribution >= 4 is 28.6 Å². The normalized spacial score (nSPS) is 42.1. The number of carbonyl (C=O) groups is 1. The van der Waals surface area contributed by atoms with Crippen LogP contribution in [-0.4, -0.2) is 16.0 Å². The van der Waals surface area contributed by atoms with E-state index in [-0.39, 0.29) is 11.6 Å². The smallest absolute Gasteiger partial charge is 0.330 e. The van der Waals surface area contributed by atoms with Crippen LogP contribution in [0.1, 0.15) is 45.4 Å². The molecule has 5 atom stereocenters. The van der Waals surface area contributed by atoms with Crippen LogP contribution in [0.25, 0.3) is 0 Å². The minimum atomic E-state index is -0.309. The molecule has 3 fully saturated rings. The van der Waals surface area contributed by atoms with Gasteiger partial charge < -0.3 is 4.74 Å². The highest BCUT2D eigenvalue weighted by atomic mass is 127. The summed E-state index contributed by atoms with van der Waals surface area (Å²) in [5.74, 6) is 2.52. The van der Waals surface area contributed by atoms with Crippen molar-refractivity contribution in [2.45, 2.75) is 51.0 Å². The summed E-state index contributed by atoms with van der Waals surface area (Å²) in [6.07, 6.45) is 9.48. The molecule has 0 bridgehead atoms. The van der Waals surface area contributed by atoms with Crippen LogP contribution in [0.5, 0.6) is 0 Å². The van der Waals surface area contributed by atoms with Gasteiger partial charge in [-0.3, -0.25) is 0 Å². The van der Waals surface area contributed by atoms with Crippen LogP contribution in [0.2, 0.25) is 0 Å². The van der Waals surface area contributed by atoms with E-state index in [1.165, 1.54) is 38.2 Å². The van der Waals surface area contributed by atoms with Crippen molar-refractivity contribution in [3.63, 3.8) is 0 Å². The lowest BCUT2D eigenvalue weighted by molar-refractivity contribution is -0.151. The standard InChI is InChI=1S/C16H23IO2/c1-3-14(18)19-15(2,10-17)8-11-6-13-7-12-4-5-16(12,13)9-11/h3,11-13H,1,4-10H2,2H3. The Morgan fingerprint density at radius 1 is 1.53 bits per heavy atom. The van der Waals surface area contributed by atoms with E-state index in [1.807, 2.05) is 0 Å². The molecule has 0 aromatic rings. The molecule has 0 saturated heterocycles. The van der Waals surface area contributed by atoms with Gasteiger partial charge in [0.15, 0.2) is 0 Å². The van der Waals surface area contributed by atoms with Gasteiger partial charge in [0.1, 0.15) is 5.60 Å². The lowest BCUT2D eigenvalue weighted by Gasteiger charge is -2.61. The molecule has 0 N–H and O–H groups in total. The van der Waals surface area contributed by atoms with Crippen LogP contribution in [-0.2, 0) is 9.53 Å². The fourth-order valence-electron chi connectivity index (χ4n) is 4.99. The van der Waals surface area contributed by atoms with E-state index < -0.39 is 0 Å². The van der Waals surface area contributed by atoms with Crippen molar-refractivity contribution < 1.29 is 9.53 Å². The second-order valence-corrected chi connectivity index (χ2v) is 7.88. The molecule has 1 spiro atoms. The topological polar surface area (TPSA) is 26.3 Å². The molecule has 3 saturated carbocycles. The maximum absolute atomic E-state index is 11.5. The molecule has 3 aliphatic carbocycles. The molecular formula is C16H23IO2. The predicted octanol–water partition coefficient (Wildman–Crippen LogP) is 4.13. The van der Waals surface area contributed by atoms with Gasteiger partial charge in [0, 0.05) is 10.5 Å². The van der Waals surface area contributed by atoms with Crippen molar-refractivity contribution in [1.29, 1.82) is 0 Å². The average molecular weight is 374 g/mol. The Kier molecular flexibility index (Phi) is 3.47. The monoisotopic (exact) mass is 374 g/mol. The summed E-state index contributed by atoms with van der Waals surface area (Å²) < 4.78 is 6.47. The summed E-state index contributed by atoms with van der Waals surface area (Å²) in [7, 11) is 0. The van der Waals surface area contributed by atoms with Crippen LogP contribution in [0, 0.1) is 23.2 Å². The molecule has 3 aliphatic rings. The minimum absolute atomic E-state index is 0.278. The molecule has 106 valence electrons. The van der Waals surface area contributed by atoms with Crippen molar-refractivity contribution in [2.24, 2.45) is 23.2 Å². The second kappa shape index (κ2) is 4.74. The lowest BCUT2D eigenvalue weighted by atomic mass is 9.43. The summed E-state index contributed by atoms with van der Waals surface area (Å²) in [5.41, 5.74) is 0.426. The van der Waals surface area contributed by atoms with E-state index in [2.05, 4.69) is 36.1 Å². The number of carbonyl (C=O) groups excluding carboxylic acids is 1. The first-order valence-electron chi connectivity index (χ1n) is 7.43. The predicted molar refractivity (Wildman–Crippen MR) is 84.2 cm³/mol. The maximum atomic E-state index is 11.5. The number of halogens is 1. The third-order valence-electron chi connectivity index (χ3n) is 5.96. The van der Waals surface area contributed by atoms with Crippen LogP contribution < -0.4 is 0 Å². The highest BCUT2D eigenvalue weighted by molar-refractivity contribution is 14.1. The van der Waals surface area contributed by atoms with Crippen molar-refractivity contribution in [3.8, 4) is 0 Å². The molecule has 0 amide bonds. The fourth-order valence-corrected chi connectivity index (χ4v) is 5.46. The Morgan fingerprint density at radius 3 is 2.79 bits per heavy atom. The van der Waals surface area contributed by atoms with Crippen molar-refractivity contribution in [2.75, 3.05) is 4.43 Å². The van der Waals surface area contributed by atoms with E-state index in [0.717, 1.165) is 34.0 Å². The second-order valence-electron chi connectivity index (χ2n) is 7.12. The Labute approximate surface area is 129 Å². The van der Waals surface area contributed by atoms with Gasteiger partial charge in [-0.25, -0.2) is 4.79 Å². The molecule has 3 heteroatoms. The van der Waals surface area contributed by atoms with Crippen molar-refractivity contribution in [3.05, 3.63) is 12.7 Å². The Hall–Kier alpha value is -0.0600. The van der Waals surface area contributed by atoms with E-state index >= 15 is 0 Å². The summed E-state index contributed by atoms with van der Waals surface area (Å²) in [6.45, 7) is 5.58. The van der Waals surface area contributed by atoms with Gasteiger partial charge >= 0.3 is 5.97 Å². The van der Waals surface area contributed by atoms with Crippen LogP contribution in [0.15, 0.2) is 12.7 Å². The van der Waals surface area contributed by atoms with Gasteiger partial charge in [-0.2, -0.15) is 0 Å². The molecule has 5 unspecified atom stereocenters. The highest BCUT2D eigenvalue weighted by Crippen LogP contribution is 2.73. The zero-order valence-electron chi connectivity index (χ0n) is 11.7. The summed E-state index contributed by atoms with van der Waals surface area (Å²) >= 11 is 2.34. The van der Waals surface area contributed by atoms with Gasteiger partial charge in [-0.15, -0.1) is 0 Å². The third-order valence-corrected chi connectivity index (χ3v) is 7.57. The Balaban J connectivity index is 1.61. The lowest BCUT2D eigenvalue weighted by Crippen LogP contribution is -2.53. The number of rotatable bonds is 5. The van der Waals surface area contributed by atoms with Gasteiger partial charge in [-0.05, 0) is 68.6 Å². The third kappa shape index (κ3) is 2.16. The van der Waals surface area contributed by atoms with E-state index in [9.17, 15) is 4.79 Å². The van der Waals surface area contributed by atoms with Gasteiger partial charge in [0.2, 0.25) is 0 Å². The van der Waals surface area contributed by atoms with E-state index in [1.54, 1.807) is 0 Å². The van der Waals surface area contributed by atoms with E-state index in [4.69, 9.17) is 4.74 Å². The van der Waals surface area contributed by atoms with Gasteiger partial charge in [-0.1, -0.05) is 29.2 Å². The summed E-state index contributed by atoms with van der Waals surface area (Å²) in [4.78, 5) is 11.5. The molecule has 0 radical (unpaired) electrons. The molecule has 0 aromatic carbocycles. The number of hydrogen-bond acceptors (Lipinski definition) is 2. The Morgan fingerprint density at radius 2 is 2.32 bits per heavy atom. The van der Waals surface area contributed by atoms with Crippen LogP contribution in [0.4, 0.5) is 0 Å². The molecule has 0 aromatic heterocycles. The zero-order chi connectivity index (χ0) is 13.7. The van der Waals surface area contributed by atoms with Gasteiger partial charge in [0.05, 0.1) is 0 Å². The zero-order valence-corrected chi connectivity index (χ0v) is 13.8. The fraction of sp³-hybridized carbons (Fsp3) is 0.812. The number of esters is 1. The molecule has 0 heterocycles. The maximum Gasteiger partial charge on any atom is 0.330 e. The molecular weight excluding hydrogens is 351 g/mol.